The van der Waals surface area contributed by atoms with Gasteiger partial charge < -0.3 is 15.8 Å². The molecule has 1 atom stereocenters. The Hall–Kier alpha value is -3.01. The Morgan fingerprint density at radius 3 is 2.65 bits per heavy atom. The van der Waals surface area contributed by atoms with Crippen molar-refractivity contribution in [1.82, 2.24) is 10.3 Å². The molecule has 9 heteroatoms. The Kier molecular flexibility index (Phi) is 7.16. The van der Waals surface area contributed by atoms with E-state index in [9.17, 15) is 18.0 Å². The van der Waals surface area contributed by atoms with Crippen LogP contribution in [0.3, 0.4) is 0 Å². The van der Waals surface area contributed by atoms with Crippen molar-refractivity contribution in [2.45, 2.75) is 32.1 Å². The summed E-state index contributed by atoms with van der Waals surface area (Å²) in [6, 6.07) is 10.4. The molecule has 0 unspecified atom stereocenters. The summed E-state index contributed by atoms with van der Waals surface area (Å²) in [5.41, 5.74) is 8.64. The fourth-order valence-electron chi connectivity index (χ4n) is 3.75. The van der Waals surface area contributed by atoms with Gasteiger partial charge in [0, 0.05) is 6.54 Å². The Labute approximate surface area is 199 Å². The van der Waals surface area contributed by atoms with Crippen molar-refractivity contribution >= 4 is 22.8 Å². The summed E-state index contributed by atoms with van der Waals surface area (Å²) in [7, 11) is 0. The molecule has 0 aliphatic carbocycles. The second-order valence-corrected chi connectivity index (χ2v) is 9.01. The van der Waals surface area contributed by atoms with Crippen LogP contribution in [-0.4, -0.2) is 24.1 Å². The summed E-state index contributed by atoms with van der Waals surface area (Å²) in [5, 5.41) is 3.78. The number of hydrogen-bond donors (Lipinski definition) is 2. The molecule has 0 saturated carbocycles. The van der Waals surface area contributed by atoms with Gasteiger partial charge in [-0.15, -0.1) is 11.3 Å². The highest BCUT2D eigenvalue weighted by atomic mass is 32.1. The number of alkyl halides is 3. The normalized spacial score (nSPS) is 15.0. The first-order valence-electron chi connectivity index (χ1n) is 10.8. The standard InChI is InChI=1S/C25H24F3N3O2S/c1-15(31-23(32)22-14-30-24(34-22)18-8-10-33-11-9-18)16-2-4-17(5-3-16)21-12-20(25(26,27)28)7-6-19(21)13-29/h2-8,12,14-15H,9-11,13,29H2,1H3,(H,31,32)/t15-/m1/s1. The van der Waals surface area contributed by atoms with Crippen LogP contribution in [0.5, 0.6) is 0 Å². The van der Waals surface area contributed by atoms with Crippen LogP contribution in [0.1, 0.15) is 50.8 Å². The highest BCUT2D eigenvalue weighted by Gasteiger charge is 2.31. The smallest absolute Gasteiger partial charge is 0.377 e. The molecule has 1 amide bonds. The molecule has 0 radical (unpaired) electrons. The van der Waals surface area contributed by atoms with Gasteiger partial charge in [0.15, 0.2) is 0 Å². The number of nitrogens with one attached hydrogen (secondary N) is 1. The zero-order valence-corrected chi connectivity index (χ0v) is 19.3. The maximum absolute atomic E-state index is 13.2. The summed E-state index contributed by atoms with van der Waals surface area (Å²) in [6.07, 6.45) is -0.106. The minimum absolute atomic E-state index is 0.127. The van der Waals surface area contributed by atoms with Crippen molar-refractivity contribution in [3.05, 3.63) is 81.3 Å². The van der Waals surface area contributed by atoms with E-state index in [0.717, 1.165) is 34.7 Å². The zero-order valence-electron chi connectivity index (χ0n) is 18.5. The number of rotatable bonds is 6. The van der Waals surface area contributed by atoms with Crippen molar-refractivity contribution in [2.75, 3.05) is 13.2 Å². The predicted molar refractivity (Wildman–Crippen MR) is 126 cm³/mol. The fourth-order valence-corrected chi connectivity index (χ4v) is 4.64. The first kappa shape index (κ1) is 24.1. The summed E-state index contributed by atoms with van der Waals surface area (Å²) in [6.45, 7) is 3.18. The first-order valence-corrected chi connectivity index (χ1v) is 11.6. The lowest BCUT2D eigenvalue weighted by Gasteiger charge is -2.16. The monoisotopic (exact) mass is 487 g/mol. The van der Waals surface area contributed by atoms with Crippen LogP contribution in [0.15, 0.2) is 54.7 Å². The van der Waals surface area contributed by atoms with Gasteiger partial charge in [-0.1, -0.05) is 36.4 Å². The van der Waals surface area contributed by atoms with E-state index < -0.39 is 11.7 Å². The molecule has 3 N–H and O–H groups in total. The van der Waals surface area contributed by atoms with E-state index in [-0.39, 0.29) is 18.5 Å². The molecular formula is C25H24F3N3O2S. The number of nitrogens with two attached hydrogens (primary N) is 1. The number of ether oxygens (including phenoxy) is 1. The van der Waals surface area contributed by atoms with Crippen LogP contribution in [0, 0.1) is 0 Å². The molecule has 34 heavy (non-hydrogen) atoms. The molecule has 4 rings (SSSR count). The number of thiazole rings is 1. The Morgan fingerprint density at radius 1 is 1.24 bits per heavy atom. The largest absolute Gasteiger partial charge is 0.416 e. The van der Waals surface area contributed by atoms with E-state index in [1.54, 1.807) is 30.5 Å². The van der Waals surface area contributed by atoms with Crippen LogP contribution in [0.25, 0.3) is 16.7 Å². The summed E-state index contributed by atoms with van der Waals surface area (Å²) in [5.74, 6) is -0.226. The van der Waals surface area contributed by atoms with Crippen LogP contribution in [0.2, 0.25) is 0 Å². The molecule has 1 aliphatic rings. The molecule has 3 aromatic rings. The Balaban J connectivity index is 1.48. The number of hydrogen-bond acceptors (Lipinski definition) is 5. The van der Waals surface area contributed by atoms with Gasteiger partial charge in [-0.2, -0.15) is 13.2 Å². The van der Waals surface area contributed by atoms with Crippen molar-refractivity contribution in [3.8, 4) is 11.1 Å². The number of aromatic nitrogens is 1. The van der Waals surface area contributed by atoms with E-state index in [1.807, 2.05) is 13.0 Å². The SMILES string of the molecule is C[C@@H](NC(=O)c1cnc(C2=CCOCC2)s1)c1ccc(-c2cc(C(F)(F)F)ccc2CN)cc1. The van der Waals surface area contributed by atoms with Crippen molar-refractivity contribution in [3.63, 3.8) is 0 Å². The highest BCUT2D eigenvalue weighted by Crippen LogP contribution is 2.34. The number of carbonyl (C=O) groups excluding carboxylic acids is 1. The van der Waals surface area contributed by atoms with E-state index in [4.69, 9.17) is 10.5 Å². The number of nitrogens with zero attached hydrogens (tertiary/aromatic N) is 1. The Morgan fingerprint density at radius 2 is 2.00 bits per heavy atom. The molecule has 0 bridgehead atoms. The minimum atomic E-state index is -4.43. The van der Waals surface area contributed by atoms with Gasteiger partial charge in [-0.25, -0.2) is 4.98 Å². The average molecular weight is 488 g/mol. The summed E-state index contributed by atoms with van der Waals surface area (Å²) in [4.78, 5) is 17.6. The van der Waals surface area contributed by atoms with Gasteiger partial charge >= 0.3 is 6.18 Å². The predicted octanol–water partition coefficient (Wildman–Crippen LogP) is 5.58. The van der Waals surface area contributed by atoms with E-state index >= 15 is 0 Å². The van der Waals surface area contributed by atoms with Crippen LogP contribution in [0.4, 0.5) is 13.2 Å². The lowest BCUT2D eigenvalue weighted by molar-refractivity contribution is -0.137. The zero-order chi connectivity index (χ0) is 24.3. The topological polar surface area (TPSA) is 77.2 Å². The summed E-state index contributed by atoms with van der Waals surface area (Å²) < 4.78 is 44.8. The molecular weight excluding hydrogens is 463 g/mol. The van der Waals surface area contributed by atoms with Gasteiger partial charge in [0.25, 0.3) is 5.91 Å². The number of amides is 1. The second-order valence-electron chi connectivity index (χ2n) is 7.97. The van der Waals surface area contributed by atoms with E-state index in [0.29, 0.717) is 34.8 Å². The summed E-state index contributed by atoms with van der Waals surface area (Å²) >= 11 is 1.34. The van der Waals surface area contributed by atoms with Crippen molar-refractivity contribution < 1.29 is 22.7 Å². The first-order chi connectivity index (χ1) is 16.3. The van der Waals surface area contributed by atoms with Gasteiger partial charge in [0.1, 0.15) is 9.88 Å². The maximum Gasteiger partial charge on any atom is 0.416 e. The van der Waals surface area contributed by atoms with Crippen LogP contribution >= 0.6 is 11.3 Å². The number of benzene rings is 2. The second kappa shape index (κ2) is 10.1. The quantitative estimate of drug-likeness (QED) is 0.476. The molecule has 0 fully saturated rings. The minimum Gasteiger partial charge on any atom is -0.377 e. The van der Waals surface area contributed by atoms with Gasteiger partial charge in [0.05, 0.1) is 31.0 Å². The van der Waals surface area contributed by atoms with Gasteiger partial charge in [-0.3, -0.25) is 4.79 Å². The molecule has 178 valence electrons. The number of halogens is 3. The number of carbonyl (C=O) groups is 1. The molecule has 2 heterocycles. The van der Waals surface area contributed by atoms with Gasteiger partial charge in [-0.05, 0) is 53.3 Å². The third kappa shape index (κ3) is 5.38. The molecule has 1 aliphatic heterocycles. The van der Waals surface area contributed by atoms with Crippen LogP contribution < -0.4 is 11.1 Å². The maximum atomic E-state index is 13.2. The lowest BCUT2D eigenvalue weighted by Crippen LogP contribution is -2.25. The lowest BCUT2D eigenvalue weighted by atomic mass is 9.95. The van der Waals surface area contributed by atoms with E-state index in [1.165, 1.54) is 17.4 Å². The molecule has 5 nitrogen and oxygen atoms in total. The fraction of sp³-hybridized carbons (Fsp3) is 0.280. The highest BCUT2D eigenvalue weighted by molar-refractivity contribution is 7.14. The molecule has 1 aromatic heterocycles. The van der Waals surface area contributed by atoms with Gasteiger partial charge in [0.2, 0.25) is 0 Å². The van der Waals surface area contributed by atoms with E-state index in [2.05, 4.69) is 10.3 Å². The Bertz CT molecular complexity index is 1200. The average Bonchev–Trinajstić information content (AvgIpc) is 3.34. The third-order valence-electron chi connectivity index (χ3n) is 5.69. The van der Waals surface area contributed by atoms with Crippen molar-refractivity contribution in [2.24, 2.45) is 5.73 Å². The molecule has 0 spiro atoms. The molecule has 2 aromatic carbocycles. The van der Waals surface area contributed by atoms with Crippen LogP contribution in [-0.2, 0) is 17.5 Å². The molecule has 0 saturated heterocycles. The third-order valence-corrected chi connectivity index (χ3v) is 6.77. The van der Waals surface area contributed by atoms with Crippen molar-refractivity contribution in [1.29, 1.82) is 0 Å².